The van der Waals surface area contributed by atoms with Crippen molar-refractivity contribution >= 4 is 17.2 Å². The van der Waals surface area contributed by atoms with E-state index in [2.05, 4.69) is 39.4 Å². The third-order valence-electron chi connectivity index (χ3n) is 3.09. The second-order valence-electron chi connectivity index (χ2n) is 4.97. The van der Waals surface area contributed by atoms with Gasteiger partial charge < -0.3 is 5.32 Å². The number of hydrogen-bond donors (Lipinski definition) is 1. The molecular formula is C15H17N5S. The summed E-state index contributed by atoms with van der Waals surface area (Å²) in [6, 6.07) is 6.28. The largest absolute Gasteiger partial charge is 0.364 e. The molecule has 0 fully saturated rings. The lowest BCUT2D eigenvalue weighted by molar-refractivity contribution is 0.799. The molecule has 0 aliphatic rings. The Morgan fingerprint density at radius 2 is 2.05 bits per heavy atom. The molecule has 6 heteroatoms. The molecule has 0 aliphatic carbocycles. The summed E-state index contributed by atoms with van der Waals surface area (Å²) in [5, 5.41) is 7.74. The molecule has 0 unspecified atom stereocenters. The lowest BCUT2D eigenvalue weighted by atomic mass is 10.4. The van der Waals surface area contributed by atoms with E-state index in [4.69, 9.17) is 0 Å². The molecule has 0 bridgehead atoms. The number of anilines is 1. The standard InChI is InChI=1S/C15H17N5S/c1-10-6-11(2)20(19-10)15-9-16-8-14(18-15)17-7-13-5-4-12(3)21-13/h4-6,8-9H,7H2,1-3H3,(H,17,18). The summed E-state index contributed by atoms with van der Waals surface area (Å²) >= 11 is 1.79. The van der Waals surface area contributed by atoms with Gasteiger partial charge in [-0.1, -0.05) is 0 Å². The van der Waals surface area contributed by atoms with Crippen molar-refractivity contribution in [3.63, 3.8) is 0 Å². The van der Waals surface area contributed by atoms with Crippen LogP contribution in [0, 0.1) is 20.8 Å². The zero-order chi connectivity index (χ0) is 14.8. The molecule has 0 saturated heterocycles. The summed E-state index contributed by atoms with van der Waals surface area (Å²) in [6.45, 7) is 6.85. The van der Waals surface area contributed by atoms with E-state index in [9.17, 15) is 0 Å². The van der Waals surface area contributed by atoms with E-state index in [1.165, 1.54) is 9.75 Å². The first-order valence-corrected chi connectivity index (χ1v) is 7.58. The Hall–Kier alpha value is -2.21. The van der Waals surface area contributed by atoms with Crippen molar-refractivity contribution in [2.24, 2.45) is 0 Å². The van der Waals surface area contributed by atoms with Gasteiger partial charge in [0, 0.05) is 15.4 Å². The maximum atomic E-state index is 4.57. The van der Waals surface area contributed by atoms with Gasteiger partial charge in [0.2, 0.25) is 0 Å². The van der Waals surface area contributed by atoms with Gasteiger partial charge in [0.05, 0.1) is 24.6 Å². The van der Waals surface area contributed by atoms with Crippen LogP contribution in [0.4, 0.5) is 5.82 Å². The van der Waals surface area contributed by atoms with E-state index >= 15 is 0 Å². The van der Waals surface area contributed by atoms with Gasteiger partial charge in [0.25, 0.3) is 0 Å². The smallest absolute Gasteiger partial charge is 0.174 e. The Kier molecular flexibility index (Phi) is 3.70. The van der Waals surface area contributed by atoms with Crippen LogP contribution in [0.1, 0.15) is 21.1 Å². The zero-order valence-corrected chi connectivity index (χ0v) is 13.1. The summed E-state index contributed by atoms with van der Waals surface area (Å²) in [7, 11) is 0. The van der Waals surface area contributed by atoms with E-state index in [1.807, 2.05) is 24.6 Å². The molecule has 3 aromatic heterocycles. The van der Waals surface area contributed by atoms with Gasteiger partial charge in [-0.25, -0.2) is 9.67 Å². The van der Waals surface area contributed by atoms with Crippen LogP contribution < -0.4 is 5.32 Å². The minimum absolute atomic E-state index is 0.730. The number of aryl methyl sites for hydroxylation is 3. The lowest BCUT2D eigenvalue weighted by Crippen LogP contribution is -2.06. The van der Waals surface area contributed by atoms with Gasteiger partial charge in [-0.3, -0.25) is 4.98 Å². The van der Waals surface area contributed by atoms with Gasteiger partial charge in [-0.2, -0.15) is 5.10 Å². The Bertz CT molecular complexity index is 759. The van der Waals surface area contributed by atoms with Crippen molar-refractivity contribution in [2.75, 3.05) is 5.32 Å². The monoisotopic (exact) mass is 299 g/mol. The predicted octanol–water partition coefficient (Wildman–Crippen LogP) is 3.26. The molecule has 0 spiro atoms. The predicted molar refractivity (Wildman–Crippen MR) is 85.0 cm³/mol. The zero-order valence-electron chi connectivity index (χ0n) is 12.3. The van der Waals surface area contributed by atoms with Crippen LogP contribution in [0.5, 0.6) is 0 Å². The SMILES string of the molecule is Cc1cc(C)n(-c2cncc(NCc3ccc(C)s3)n2)n1. The topological polar surface area (TPSA) is 55.6 Å². The van der Waals surface area contributed by atoms with Gasteiger partial charge in [0.15, 0.2) is 5.82 Å². The number of hydrogen-bond acceptors (Lipinski definition) is 5. The third-order valence-corrected chi connectivity index (χ3v) is 4.09. The maximum absolute atomic E-state index is 4.57. The van der Waals surface area contributed by atoms with E-state index in [1.54, 1.807) is 23.7 Å². The van der Waals surface area contributed by atoms with Crippen molar-refractivity contribution in [3.05, 3.63) is 51.7 Å². The number of rotatable bonds is 4. The van der Waals surface area contributed by atoms with Crippen LogP contribution in [0.15, 0.2) is 30.6 Å². The molecule has 1 N–H and O–H groups in total. The molecule has 3 aromatic rings. The average Bonchev–Trinajstić information content (AvgIpc) is 3.02. The van der Waals surface area contributed by atoms with Crippen molar-refractivity contribution in [1.82, 2.24) is 19.7 Å². The summed E-state index contributed by atoms with van der Waals surface area (Å²) < 4.78 is 1.81. The van der Waals surface area contributed by atoms with Crippen LogP contribution >= 0.6 is 11.3 Å². The Morgan fingerprint density at radius 1 is 1.19 bits per heavy atom. The van der Waals surface area contributed by atoms with Crippen LogP contribution in [0.2, 0.25) is 0 Å². The van der Waals surface area contributed by atoms with Crippen LogP contribution in [0.25, 0.3) is 5.82 Å². The van der Waals surface area contributed by atoms with Crippen molar-refractivity contribution < 1.29 is 0 Å². The molecule has 3 rings (SSSR count). The van der Waals surface area contributed by atoms with Crippen LogP contribution in [0.3, 0.4) is 0 Å². The quantitative estimate of drug-likeness (QED) is 0.803. The fourth-order valence-corrected chi connectivity index (χ4v) is 2.99. The van der Waals surface area contributed by atoms with Gasteiger partial charge in [-0.05, 0) is 39.0 Å². The molecule has 3 heterocycles. The van der Waals surface area contributed by atoms with E-state index in [0.29, 0.717) is 0 Å². The second kappa shape index (κ2) is 5.65. The highest BCUT2D eigenvalue weighted by atomic mass is 32.1. The number of aromatic nitrogens is 4. The Balaban J connectivity index is 1.78. The molecule has 0 amide bonds. The molecule has 0 saturated carbocycles. The van der Waals surface area contributed by atoms with Gasteiger partial charge >= 0.3 is 0 Å². The average molecular weight is 299 g/mol. The fraction of sp³-hybridized carbons (Fsp3) is 0.267. The highest BCUT2D eigenvalue weighted by molar-refractivity contribution is 7.11. The molecule has 108 valence electrons. The molecule has 21 heavy (non-hydrogen) atoms. The second-order valence-corrected chi connectivity index (χ2v) is 6.34. The molecule has 0 aromatic carbocycles. The fourth-order valence-electron chi connectivity index (χ4n) is 2.16. The first-order valence-electron chi connectivity index (χ1n) is 6.77. The Morgan fingerprint density at radius 3 is 2.71 bits per heavy atom. The van der Waals surface area contributed by atoms with Gasteiger partial charge in [-0.15, -0.1) is 11.3 Å². The number of thiophene rings is 1. The number of nitrogens with one attached hydrogen (secondary N) is 1. The summed E-state index contributed by atoms with van der Waals surface area (Å²) in [4.78, 5) is 11.4. The highest BCUT2D eigenvalue weighted by Gasteiger charge is 2.06. The van der Waals surface area contributed by atoms with Gasteiger partial charge in [0.1, 0.15) is 5.82 Å². The van der Waals surface area contributed by atoms with Crippen molar-refractivity contribution in [1.29, 1.82) is 0 Å². The van der Waals surface area contributed by atoms with E-state index in [0.717, 1.165) is 29.6 Å². The summed E-state index contributed by atoms with van der Waals surface area (Å²) in [5.41, 5.74) is 2.02. The number of nitrogens with zero attached hydrogens (tertiary/aromatic N) is 4. The van der Waals surface area contributed by atoms with Crippen LogP contribution in [-0.4, -0.2) is 19.7 Å². The van der Waals surface area contributed by atoms with E-state index in [-0.39, 0.29) is 0 Å². The molecule has 0 aliphatic heterocycles. The van der Waals surface area contributed by atoms with Crippen molar-refractivity contribution in [3.8, 4) is 5.82 Å². The van der Waals surface area contributed by atoms with Crippen molar-refractivity contribution in [2.45, 2.75) is 27.3 Å². The third kappa shape index (κ3) is 3.11. The summed E-state index contributed by atoms with van der Waals surface area (Å²) in [5.74, 6) is 1.49. The molecule has 0 radical (unpaired) electrons. The first kappa shape index (κ1) is 13.8. The minimum Gasteiger partial charge on any atom is -0.364 e. The summed E-state index contributed by atoms with van der Waals surface area (Å²) in [6.07, 6.45) is 3.45. The molecular weight excluding hydrogens is 282 g/mol. The maximum Gasteiger partial charge on any atom is 0.174 e. The van der Waals surface area contributed by atoms with E-state index < -0.39 is 0 Å². The minimum atomic E-state index is 0.730. The highest BCUT2D eigenvalue weighted by Crippen LogP contribution is 2.17. The molecule has 5 nitrogen and oxygen atoms in total. The normalized spacial score (nSPS) is 10.8. The lowest BCUT2D eigenvalue weighted by Gasteiger charge is -2.07. The Labute approximate surface area is 127 Å². The first-order chi connectivity index (χ1) is 10.1. The molecule has 0 atom stereocenters. The van der Waals surface area contributed by atoms with Crippen LogP contribution in [-0.2, 0) is 6.54 Å².